The summed E-state index contributed by atoms with van der Waals surface area (Å²) < 4.78 is 1.94. The highest BCUT2D eigenvalue weighted by atomic mass is 16.3. The molecule has 0 spiro atoms. The minimum absolute atomic E-state index is 0.173. The van der Waals surface area contributed by atoms with Gasteiger partial charge in [0.05, 0.1) is 35.1 Å². The predicted octanol–water partition coefficient (Wildman–Crippen LogP) is 1.71. The van der Waals surface area contributed by atoms with E-state index >= 15 is 0 Å². The van der Waals surface area contributed by atoms with Gasteiger partial charge in [-0.3, -0.25) is 9.20 Å². The number of H-pyrrole nitrogens is 1. The van der Waals surface area contributed by atoms with Gasteiger partial charge in [0.25, 0.3) is 0 Å². The molecule has 0 aliphatic heterocycles. The highest BCUT2D eigenvalue weighted by Crippen LogP contribution is 2.29. The van der Waals surface area contributed by atoms with Crippen molar-refractivity contribution in [1.29, 1.82) is 0 Å². The number of nitrogens with zero attached hydrogens (tertiary/aromatic N) is 3. The van der Waals surface area contributed by atoms with Gasteiger partial charge >= 0.3 is 0 Å². The number of carbonyl (C=O) groups excluding carboxylic acids is 1. The quantitative estimate of drug-likeness (QED) is 0.421. The molecule has 0 saturated heterocycles. The third kappa shape index (κ3) is 3.12. The first-order valence-corrected chi connectivity index (χ1v) is 8.93. The van der Waals surface area contributed by atoms with E-state index in [0.29, 0.717) is 11.5 Å². The monoisotopic (exact) mass is 379 g/mol. The molecular formula is C20H21N5O3. The number of hydrogen-bond donors (Lipinski definition) is 4. The van der Waals surface area contributed by atoms with Crippen molar-refractivity contribution in [2.45, 2.75) is 26.0 Å². The molecule has 1 amide bonds. The molecule has 8 heteroatoms. The summed E-state index contributed by atoms with van der Waals surface area (Å²) in [6.07, 6.45) is 3.54. The number of nitrogens with one attached hydrogen (secondary N) is 2. The van der Waals surface area contributed by atoms with Crippen molar-refractivity contribution in [1.82, 2.24) is 24.7 Å². The van der Waals surface area contributed by atoms with Crippen LogP contribution in [0.15, 0.2) is 42.7 Å². The van der Waals surface area contributed by atoms with E-state index in [1.807, 2.05) is 34.7 Å². The molecule has 0 fully saturated rings. The lowest BCUT2D eigenvalue weighted by molar-refractivity contribution is -0.124. The molecule has 0 unspecified atom stereocenters. The molecular weight excluding hydrogens is 358 g/mol. The normalized spacial score (nSPS) is 12.0. The van der Waals surface area contributed by atoms with E-state index in [2.05, 4.69) is 15.3 Å². The number of aliphatic hydroxyl groups is 2. The number of aromatic nitrogens is 4. The Bertz CT molecular complexity index is 1150. The molecule has 0 aliphatic carbocycles. The highest BCUT2D eigenvalue weighted by molar-refractivity contribution is 5.84. The number of fused-ring (bicyclic) bond motifs is 3. The average Bonchev–Trinajstić information content (AvgIpc) is 3.29. The van der Waals surface area contributed by atoms with Gasteiger partial charge in [0, 0.05) is 11.8 Å². The maximum Gasteiger partial charge on any atom is 0.246 e. The predicted molar refractivity (Wildman–Crippen MR) is 104 cm³/mol. The number of benzene rings is 1. The Hall–Kier alpha value is -3.23. The summed E-state index contributed by atoms with van der Waals surface area (Å²) in [5.74, 6) is 0.164. The summed E-state index contributed by atoms with van der Waals surface area (Å²) in [4.78, 5) is 23.8. The van der Waals surface area contributed by atoms with Crippen LogP contribution in [0, 0.1) is 0 Å². The lowest BCUT2D eigenvalue weighted by Gasteiger charge is -2.17. The van der Waals surface area contributed by atoms with Crippen molar-refractivity contribution in [3.63, 3.8) is 0 Å². The summed E-state index contributed by atoms with van der Waals surface area (Å²) in [7, 11) is 0. The Kier molecular flexibility index (Phi) is 4.37. The molecule has 0 aliphatic rings. The maximum atomic E-state index is 11.5. The zero-order chi connectivity index (χ0) is 19.9. The number of imidazole rings is 1. The first kappa shape index (κ1) is 18.1. The second-order valence-electron chi connectivity index (χ2n) is 7.14. The first-order chi connectivity index (χ1) is 13.4. The van der Waals surface area contributed by atoms with Crippen LogP contribution in [-0.2, 0) is 16.9 Å². The second kappa shape index (κ2) is 6.74. The molecule has 0 saturated carbocycles. The van der Waals surface area contributed by atoms with Gasteiger partial charge in [0.15, 0.2) is 5.65 Å². The Labute approximate surface area is 160 Å². The lowest BCUT2D eigenvalue weighted by Crippen LogP contribution is -2.26. The summed E-state index contributed by atoms with van der Waals surface area (Å²) in [6.45, 7) is 3.08. The molecule has 4 N–H and O–H groups in total. The van der Waals surface area contributed by atoms with E-state index < -0.39 is 18.1 Å². The van der Waals surface area contributed by atoms with E-state index in [1.165, 1.54) is 0 Å². The van der Waals surface area contributed by atoms with Crippen LogP contribution in [0.5, 0.6) is 0 Å². The molecule has 144 valence electrons. The van der Waals surface area contributed by atoms with Gasteiger partial charge in [-0.2, -0.15) is 0 Å². The summed E-state index contributed by atoms with van der Waals surface area (Å²) in [5.41, 5.74) is 3.85. The molecule has 0 radical (unpaired) electrons. The van der Waals surface area contributed by atoms with Crippen LogP contribution in [0.1, 0.15) is 25.2 Å². The van der Waals surface area contributed by atoms with Crippen molar-refractivity contribution in [2.75, 3.05) is 6.61 Å². The van der Waals surface area contributed by atoms with Crippen molar-refractivity contribution in [2.24, 2.45) is 0 Å². The van der Waals surface area contributed by atoms with Crippen molar-refractivity contribution in [3.8, 4) is 11.3 Å². The van der Waals surface area contributed by atoms with Gasteiger partial charge in [0.1, 0.15) is 12.4 Å². The molecule has 3 aromatic heterocycles. The molecule has 8 nitrogen and oxygen atoms in total. The number of amides is 1. The van der Waals surface area contributed by atoms with Crippen molar-refractivity contribution >= 4 is 22.6 Å². The Balaban J connectivity index is 1.85. The number of aliphatic hydroxyl groups excluding tert-OH is 1. The molecule has 0 atom stereocenters. The smallest absolute Gasteiger partial charge is 0.246 e. The summed E-state index contributed by atoms with van der Waals surface area (Å²) in [5, 5.41) is 21.8. The van der Waals surface area contributed by atoms with Crippen LogP contribution < -0.4 is 5.32 Å². The van der Waals surface area contributed by atoms with E-state index in [9.17, 15) is 9.90 Å². The minimum Gasteiger partial charge on any atom is -0.387 e. The van der Waals surface area contributed by atoms with E-state index in [0.717, 1.165) is 27.9 Å². The standard InChI is InChI=1S/C20H21N5O3/c1-20(2,28)13-5-3-12(4-6-13)18-15-9-23-19-14(7-8-21-19)25(15)16(24-18)10-22-17(27)11-26/h3-9,21,26,28H,10-11H2,1-2H3,(H,22,27). The van der Waals surface area contributed by atoms with Crippen LogP contribution in [0.2, 0.25) is 0 Å². The first-order valence-electron chi connectivity index (χ1n) is 8.93. The van der Waals surface area contributed by atoms with Gasteiger partial charge in [-0.1, -0.05) is 24.3 Å². The average molecular weight is 379 g/mol. The third-order valence-corrected chi connectivity index (χ3v) is 4.70. The van der Waals surface area contributed by atoms with Crippen LogP contribution in [0.4, 0.5) is 0 Å². The van der Waals surface area contributed by atoms with E-state index in [4.69, 9.17) is 10.1 Å². The zero-order valence-corrected chi connectivity index (χ0v) is 15.6. The number of rotatable bonds is 5. The topological polar surface area (TPSA) is 116 Å². The van der Waals surface area contributed by atoms with Gasteiger partial charge in [0.2, 0.25) is 5.91 Å². The molecule has 4 aromatic rings. The van der Waals surface area contributed by atoms with E-state index in [1.54, 1.807) is 26.2 Å². The van der Waals surface area contributed by atoms with Crippen LogP contribution in [0.25, 0.3) is 27.9 Å². The SMILES string of the molecule is CC(C)(O)c1ccc(-c2nc(CNC(=O)CO)n3c2cnc2[nH]ccc23)cc1. The minimum atomic E-state index is -0.923. The zero-order valence-electron chi connectivity index (χ0n) is 15.6. The Morgan fingerprint density at radius 3 is 2.64 bits per heavy atom. The molecule has 4 rings (SSSR count). The van der Waals surface area contributed by atoms with Crippen molar-refractivity contribution in [3.05, 3.63) is 54.1 Å². The summed E-state index contributed by atoms with van der Waals surface area (Å²) >= 11 is 0. The third-order valence-electron chi connectivity index (χ3n) is 4.70. The van der Waals surface area contributed by atoms with Crippen LogP contribution >= 0.6 is 0 Å². The van der Waals surface area contributed by atoms with Crippen LogP contribution in [0.3, 0.4) is 0 Å². The Morgan fingerprint density at radius 2 is 1.96 bits per heavy atom. The van der Waals surface area contributed by atoms with Crippen molar-refractivity contribution < 1.29 is 15.0 Å². The fourth-order valence-corrected chi connectivity index (χ4v) is 3.23. The molecule has 28 heavy (non-hydrogen) atoms. The highest BCUT2D eigenvalue weighted by Gasteiger charge is 2.19. The fraction of sp³-hybridized carbons (Fsp3) is 0.250. The molecule has 3 heterocycles. The summed E-state index contributed by atoms with van der Waals surface area (Å²) in [6, 6.07) is 9.46. The van der Waals surface area contributed by atoms with Gasteiger partial charge in [-0.15, -0.1) is 0 Å². The van der Waals surface area contributed by atoms with Gasteiger partial charge in [-0.25, -0.2) is 9.97 Å². The fourth-order valence-electron chi connectivity index (χ4n) is 3.23. The van der Waals surface area contributed by atoms with Gasteiger partial charge < -0.3 is 20.5 Å². The molecule has 1 aromatic carbocycles. The van der Waals surface area contributed by atoms with E-state index in [-0.39, 0.29) is 6.54 Å². The maximum absolute atomic E-state index is 11.5. The largest absolute Gasteiger partial charge is 0.387 e. The lowest BCUT2D eigenvalue weighted by atomic mass is 9.97. The molecule has 0 bridgehead atoms. The number of aromatic amines is 1. The van der Waals surface area contributed by atoms with Gasteiger partial charge in [-0.05, 0) is 25.5 Å². The number of carbonyl (C=O) groups is 1. The second-order valence-corrected chi connectivity index (χ2v) is 7.14. The number of hydrogen-bond acceptors (Lipinski definition) is 5. The Morgan fingerprint density at radius 1 is 1.21 bits per heavy atom. The van der Waals surface area contributed by atoms with Crippen LogP contribution in [-0.4, -0.2) is 42.1 Å².